The van der Waals surface area contributed by atoms with Gasteiger partial charge >= 0.3 is 0 Å². The van der Waals surface area contributed by atoms with Crippen LogP contribution < -0.4 is 10.9 Å². The molecule has 0 aliphatic heterocycles. The second-order valence-corrected chi connectivity index (χ2v) is 5.11. The quantitative estimate of drug-likeness (QED) is 0.793. The predicted octanol–water partition coefficient (Wildman–Crippen LogP) is 2.09. The Morgan fingerprint density at radius 3 is 2.86 bits per heavy atom. The molecule has 1 heterocycles. The number of unbranched alkanes of at least 4 members (excludes halogenated alkanes) is 3. The minimum absolute atomic E-state index is 0.0183. The van der Waals surface area contributed by atoms with Gasteiger partial charge < -0.3 is 5.32 Å². The third-order valence-corrected chi connectivity index (χ3v) is 3.40. The number of rotatable bonds is 7. The smallest absolute Gasteiger partial charge is 0.261 e. The number of hydrogen-bond acceptors (Lipinski definition) is 3. The maximum Gasteiger partial charge on any atom is 0.261 e. The van der Waals surface area contributed by atoms with Gasteiger partial charge in [0.05, 0.1) is 17.2 Å². The maximum atomic E-state index is 12.2. The summed E-state index contributed by atoms with van der Waals surface area (Å²) in [4.78, 5) is 28.3. The lowest BCUT2D eigenvalue weighted by Crippen LogP contribution is -2.33. The lowest BCUT2D eigenvalue weighted by molar-refractivity contribution is -0.121. The van der Waals surface area contributed by atoms with Crippen LogP contribution in [0.4, 0.5) is 0 Å². The van der Waals surface area contributed by atoms with Gasteiger partial charge in [0.1, 0.15) is 6.54 Å². The van der Waals surface area contributed by atoms with Crippen molar-refractivity contribution in [3.05, 3.63) is 40.9 Å². The fourth-order valence-electron chi connectivity index (χ4n) is 2.21. The molecule has 5 nitrogen and oxygen atoms in total. The molecule has 5 heteroatoms. The van der Waals surface area contributed by atoms with E-state index in [2.05, 4.69) is 17.2 Å². The molecule has 0 radical (unpaired) electrons. The number of nitrogens with zero attached hydrogens (tertiary/aromatic N) is 2. The molecule has 0 atom stereocenters. The summed E-state index contributed by atoms with van der Waals surface area (Å²) in [6, 6.07) is 7.14. The van der Waals surface area contributed by atoms with Gasteiger partial charge in [-0.2, -0.15) is 0 Å². The molecular weight excluding hydrogens is 266 g/mol. The Bertz CT molecular complexity index is 664. The molecule has 112 valence electrons. The van der Waals surface area contributed by atoms with Crippen molar-refractivity contribution in [3.8, 4) is 0 Å². The van der Waals surface area contributed by atoms with Crippen LogP contribution in [0.2, 0.25) is 0 Å². The van der Waals surface area contributed by atoms with Crippen LogP contribution in [-0.2, 0) is 11.3 Å². The standard InChI is InChI=1S/C16H21N3O2/c1-2-3-4-7-10-17-15(20)11-19-12-18-14-9-6-5-8-13(14)16(19)21/h5-6,8-9,12H,2-4,7,10-11H2,1H3,(H,17,20). The van der Waals surface area contributed by atoms with E-state index in [0.717, 1.165) is 12.8 Å². The van der Waals surface area contributed by atoms with Gasteiger partial charge in [-0.05, 0) is 18.6 Å². The number of amides is 1. The summed E-state index contributed by atoms with van der Waals surface area (Å²) in [6.07, 6.45) is 5.88. The zero-order chi connectivity index (χ0) is 15.1. The minimum Gasteiger partial charge on any atom is -0.355 e. The zero-order valence-electron chi connectivity index (χ0n) is 12.3. The zero-order valence-corrected chi connectivity index (χ0v) is 12.3. The molecule has 0 spiro atoms. The van der Waals surface area contributed by atoms with Crippen LogP contribution in [0.5, 0.6) is 0 Å². The number of aromatic nitrogens is 2. The highest BCUT2D eigenvalue weighted by atomic mass is 16.2. The molecule has 0 saturated carbocycles. The van der Waals surface area contributed by atoms with Crippen LogP contribution >= 0.6 is 0 Å². The van der Waals surface area contributed by atoms with Gasteiger partial charge in [0.15, 0.2) is 0 Å². The average Bonchev–Trinajstić information content (AvgIpc) is 2.50. The van der Waals surface area contributed by atoms with Gasteiger partial charge in [-0.3, -0.25) is 14.2 Å². The molecule has 2 aromatic rings. The Labute approximate surface area is 124 Å². The van der Waals surface area contributed by atoms with E-state index in [1.807, 2.05) is 6.07 Å². The van der Waals surface area contributed by atoms with Crippen molar-refractivity contribution < 1.29 is 4.79 Å². The highest BCUT2D eigenvalue weighted by Crippen LogP contribution is 2.04. The summed E-state index contributed by atoms with van der Waals surface area (Å²) >= 11 is 0. The summed E-state index contributed by atoms with van der Waals surface area (Å²) in [5.41, 5.74) is 0.473. The van der Waals surface area contributed by atoms with Crippen LogP contribution in [0.3, 0.4) is 0 Å². The van der Waals surface area contributed by atoms with Crippen LogP contribution in [0, 0.1) is 0 Å². The van der Waals surface area contributed by atoms with Gasteiger partial charge in [-0.1, -0.05) is 38.3 Å². The maximum absolute atomic E-state index is 12.2. The second kappa shape index (κ2) is 7.57. The van der Waals surface area contributed by atoms with Crippen molar-refractivity contribution in [1.29, 1.82) is 0 Å². The van der Waals surface area contributed by atoms with Crippen molar-refractivity contribution in [3.63, 3.8) is 0 Å². The fraction of sp³-hybridized carbons (Fsp3) is 0.438. The summed E-state index contributed by atoms with van der Waals surface area (Å²) in [5, 5.41) is 3.38. The number of carbonyl (C=O) groups excluding carboxylic acids is 1. The molecule has 2 rings (SSSR count). The number of benzene rings is 1. The van der Waals surface area contributed by atoms with Crippen molar-refractivity contribution in [2.24, 2.45) is 0 Å². The Morgan fingerprint density at radius 2 is 2.05 bits per heavy atom. The van der Waals surface area contributed by atoms with Crippen LogP contribution in [0.1, 0.15) is 32.6 Å². The van der Waals surface area contributed by atoms with E-state index in [0.29, 0.717) is 17.4 Å². The minimum atomic E-state index is -0.179. The number of para-hydroxylation sites is 1. The second-order valence-electron chi connectivity index (χ2n) is 5.11. The predicted molar refractivity (Wildman–Crippen MR) is 83.2 cm³/mol. The topological polar surface area (TPSA) is 64.0 Å². The van der Waals surface area contributed by atoms with E-state index in [1.54, 1.807) is 18.2 Å². The Morgan fingerprint density at radius 1 is 1.24 bits per heavy atom. The fourth-order valence-corrected chi connectivity index (χ4v) is 2.21. The number of nitrogens with one attached hydrogen (secondary N) is 1. The first-order chi connectivity index (χ1) is 10.2. The molecule has 0 fully saturated rings. The first-order valence-electron chi connectivity index (χ1n) is 7.43. The monoisotopic (exact) mass is 287 g/mol. The van der Waals surface area contributed by atoms with E-state index < -0.39 is 0 Å². The van der Waals surface area contributed by atoms with E-state index in [9.17, 15) is 9.59 Å². The Kier molecular flexibility index (Phi) is 5.49. The van der Waals surface area contributed by atoms with Gasteiger partial charge in [0.25, 0.3) is 5.56 Å². The van der Waals surface area contributed by atoms with Gasteiger partial charge in [0.2, 0.25) is 5.91 Å². The van der Waals surface area contributed by atoms with Crippen molar-refractivity contribution in [1.82, 2.24) is 14.9 Å². The normalized spacial score (nSPS) is 10.7. The van der Waals surface area contributed by atoms with Crippen LogP contribution in [0.25, 0.3) is 10.9 Å². The molecule has 1 aromatic heterocycles. The molecule has 0 saturated heterocycles. The summed E-state index contributed by atoms with van der Waals surface area (Å²) in [6.45, 7) is 2.83. The molecular formula is C16H21N3O2. The molecule has 0 unspecified atom stereocenters. The lowest BCUT2D eigenvalue weighted by Gasteiger charge is -2.07. The van der Waals surface area contributed by atoms with E-state index >= 15 is 0 Å². The summed E-state index contributed by atoms with van der Waals surface area (Å²) in [5.74, 6) is -0.148. The number of carbonyl (C=O) groups is 1. The Hall–Kier alpha value is -2.17. The van der Waals surface area contributed by atoms with Gasteiger partial charge in [-0.25, -0.2) is 4.98 Å². The average molecular weight is 287 g/mol. The van der Waals surface area contributed by atoms with Gasteiger partial charge in [0, 0.05) is 6.54 Å². The Balaban J connectivity index is 1.95. The highest BCUT2D eigenvalue weighted by Gasteiger charge is 2.07. The lowest BCUT2D eigenvalue weighted by atomic mass is 10.2. The summed E-state index contributed by atoms with van der Waals surface area (Å²) < 4.78 is 1.35. The molecule has 0 aliphatic carbocycles. The van der Waals surface area contributed by atoms with E-state index in [4.69, 9.17) is 0 Å². The van der Waals surface area contributed by atoms with E-state index in [1.165, 1.54) is 23.7 Å². The van der Waals surface area contributed by atoms with Crippen LogP contribution in [-0.4, -0.2) is 22.0 Å². The molecule has 1 amide bonds. The molecule has 1 aromatic carbocycles. The molecule has 0 aliphatic rings. The van der Waals surface area contributed by atoms with E-state index in [-0.39, 0.29) is 18.0 Å². The van der Waals surface area contributed by atoms with Crippen molar-refractivity contribution in [2.45, 2.75) is 39.2 Å². The third-order valence-electron chi connectivity index (χ3n) is 3.40. The number of fused-ring (bicyclic) bond motifs is 1. The molecule has 21 heavy (non-hydrogen) atoms. The summed E-state index contributed by atoms with van der Waals surface area (Å²) in [7, 11) is 0. The third kappa shape index (κ3) is 4.15. The SMILES string of the molecule is CCCCCCNC(=O)Cn1cnc2ccccc2c1=O. The first kappa shape index (κ1) is 15.2. The molecule has 1 N–H and O–H groups in total. The largest absolute Gasteiger partial charge is 0.355 e. The van der Waals surface area contributed by atoms with Crippen LogP contribution in [0.15, 0.2) is 35.4 Å². The van der Waals surface area contributed by atoms with Crippen molar-refractivity contribution >= 4 is 16.8 Å². The highest BCUT2D eigenvalue weighted by molar-refractivity contribution is 5.78. The number of hydrogen-bond donors (Lipinski definition) is 1. The van der Waals surface area contributed by atoms with Gasteiger partial charge in [-0.15, -0.1) is 0 Å². The first-order valence-corrected chi connectivity index (χ1v) is 7.43. The molecule has 0 bridgehead atoms. The van der Waals surface area contributed by atoms with Crippen molar-refractivity contribution in [2.75, 3.05) is 6.54 Å².